The summed E-state index contributed by atoms with van der Waals surface area (Å²) in [6.45, 7) is -0.812. The lowest BCUT2D eigenvalue weighted by Gasteiger charge is -2.49. The molecule has 0 aromatic heterocycles. The second kappa shape index (κ2) is 21.0. The van der Waals surface area contributed by atoms with Crippen LogP contribution in [0.15, 0.2) is 0 Å². The molecule has 21 atom stereocenters. The molecule has 4 saturated heterocycles. The SMILES string of the molecule is CC(=O)N[C@@H]1[C@@H](O)[C@H](O[C@@H]2O[C@H](CO)[C@@H](O[C@@H]3O[C@H](CO[C@]4(C(=O)O)C[C@H](O)[C@@H](NC(C)=O)[C@H]([C@H](O)[C@H](O)CO)O4)[C@@H](O)[C@H](O)[C@@H]3O)[C@H](O)[C@H]2NC(C)=O)[C@@H](CO)O[C@H]1O. The molecule has 4 rings (SSSR count). The van der Waals surface area contributed by atoms with Gasteiger partial charge in [0.05, 0.1) is 38.6 Å². The quantitative estimate of drug-likeness (QED) is 0.0684. The van der Waals surface area contributed by atoms with E-state index in [1.807, 2.05) is 0 Å². The summed E-state index contributed by atoms with van der Waals surface area (Å²) >= 11 is 0. The maximum absolute atomic E-state index is 12.6. The number of aliphatic hydroxyl groups is 12. The number of aliphatic carboxylic acids is 1. The van der Waals surface area contributed by atoms with Crippen molar-refractivity contribution in [2.24, 2.45) is 0 Å². The highest BCUT2D eigenvalue weighted by Gasteiger charge is 2.58. The van der Waals surface area contributed by atoms with E-state index >= 15 is 0 Å². The molecule has 346 valence electrons. The van der Waals surface area contributed by atoms with Gasteiger partial charge in [-0.15, -0.1) is 0 Å². The highest BCUT2D eigenvalue weighted by atomic mass is 16.8. The van der Waals surface area contributed by atoms with Crippen LogP contribution in [-0.2, 0) is 52.3 Å². The van der Waals surface area contributed by atoms with Crippen LogP contribution in [0.5, 0.6) is 0 Å². The summed E-state index contributed by atoms with van der Waals surface area (Å²) in [5.41, 5.74) is 0. The third-order valence-corrected chi connectivity index (χ3v) is 10.4. The van der Waals surface area contributed by atoms with Gasteiger partial charge in [-0.2, -0.15) is 0 Å². The third kappa shape index (κ3) is 11.0. The van der Waals surface area contributed by atoms with Crippen molar-refractivity contribution >= 4 is 23.7 Å². The van der Waals surface area contributed by atoms with Crippen molar-refractivity contribution in [2.45, 2.75) is 155 Å². The maximum Gasteiger partial charge on any atom is 0.364 e. The summed E-state index contributed by atoms with van der Waals surface area (Å²) in [5.74, 6) is -7.08. The Morgan fingerprint density at radius 3 is 1.70 bits per heavy atom. The largest absolute Gasteiger partial charge is 0.477 e. The Labute approximate surface area is 340 Å². The lowest BCUT2D eigenvalue weighted by atomic mass is 9.88. The number of rotatable bonds is 16. The second-order valence-corrected chi connectivity index (χ2v) is 14.8. The summed E-state index contributed by atoms with van der Waals surface area (Å²) in [7, 11) is 0. The smallest absolute Gasteiger partial charge is 0.364 e. The van der Waals surface area contributed by atoms with E-state index in [0.717, 1.165) is 20.8 Å². The van der Waals surface area contributed by atoms with E-state index in [4.69, 9.17) is 33.2 Å². The van der Waals surface area contributed by atoms with Gasteiger partial charge in [-0.3, -0.25) is 14.4 Å². The minimum absolute atomic E-state index is 0.690. The molecule has 16 N–H and O–H groups in total. The minimum Gasteiger partial charge on any atom is -0.477 e. The Hall–Kier alpha value is -2.88. The van der Waals surface area contributed by atoms with Gasteiger partial charge in [0.2, 0.25) is 17.7 Å². The summed E-state index contributed by atoms with van der Waals surface area (Å²) in [4.78, 5) is 48.5. The van der Waals surface area contributed by atoms with Gasteiger partial charge in [0.1, 0.15) is 91.4 Å². The summed E-state index contributed by atoms with van der Waals surface area (Å²) in [6.07, 6.45) is -33.0. The molecule has 4 aliphatic rings. The fourth-order valence-corrected chi connectivity index (χ4v) is 7.35. The van der Waals surface area contributed by atoms with Crippen molar-refractivity contribution in [3.63, 3.8) is 0 Å². The zero-order chi connectivity index (χ0) is 45.0. The average Bonchev–Trinajstić information content (AvgIpc) is 3.18. The van der Waals surface area contributed by atoms with Crippen molar-refractivity contribution < 1.29 is 119 Å². The van der Waals surface area contributed by atoms with Crippen LogP contribution in [0.3, 0.4) is 0 Å². The van der Waals surface area contributed by atoms with Crippen LogP contribution in [0.4, 0.5) is 0 Å². The topological polar surface area (TPSA) is 432 Å². The first-order valence-electron chi connectivity index (χ1n) is 18.7. The lowest BCUT2D eigenvalue weighted by Crippen LogP contribution is -2.70. The molecular weight excluding hydrogens is 822 g/mol. The number of carboxylic acids is 1. The van der Waals surface area contributed by atoms with E-state index in [1.54, 1.807) is 0 Å². The lowest BCUT2D eigenvalue weighted by molar-refractivity contribution is -0.367. The van der Waals surface area contributed by atoms with Gasteiger partial charge in [0.25, 0.3) is 5.79 Å². The number of hydrogen-bond acceptors (Lipinski definition) is 23. The van der Waals surface area contributed by atoms with E-state index < -0.39 is 185 Å². The van der Waals surface area contributed by atoms with Crippen molar-refractivity contribution in [3.8, 4) is 0 Å². The predicted octanol–water partition coefficient (Wildman–Crippen LogP) is -10.1. The summed E-state index contributed by atoms with van der Waals surface area (Å²) in [5, 5.41) is 144. The van der Waals surface area contributed by atoms with Crippen LogP contribution in [0.2, 0.25) is 0 Å². The van der Waals surface area contributed by atoms with Crippen molar-refractivity contribution in [1.82, 2.24) is 16.0 Å². The van der Waals surface area contributed by atoms with Gasteiger partial charge in [-0.25, -0.2) is 4.79 Å². The number of ether oxygens (including phenoxy) is 7. The number of carboxylic acid groups (broad SMARTS) is 1. The van der Waals surface area contributed by atoms with Gasteiger partial charge in [0.15, 0.2) is 18.9 Å². The van der Waals surface area contributed by atoms with Gasteiger partial charge in [0, 0.05) is 27.2 Å². The second-order valence-electron chi connectivity index (χ2n) is 14.8. The van der Waals surface area contributed by atoms with Crippen LogP contribution >= 0.6 is 0 Å². The number of aliphatic hydroxyl groups excluding tert-OH is 12. The first-order valence-corrected chi connectivity index (χ1v) is 18.7. The molecule has 0 aromatic rings. The van der Waals surface area contributed by atoms with Gasteiger partial charge < -0.3 is 115 Å². The van der Waals surface area contributed by atoms with Gasteiger partial charge in [-0.1, -0.05) is 0 Å². The summed E-state index contributed by atoms with van der Waals surface area (Å²) < 4.78 is 39.4. The van der Waals surface area contributed by atoms with Crippen LogP contribution in [0.1, 0.15) is 27.2 Å². The zero-order valence-corrected chi connectivity index (χ0v) is 32.4. The first kappa shape index (κ1) is 49.8. The normalized spacial score (nSPS) is 43.3. The average molecular weight is 878 g/mol. The molecule has 27 nitrogen and oxygen atoms in total. The van der Waals surface area contributed by atoms with E-state index in [9.17, 15) is 85.6 Å². The Bertz CT molecular complexity index is 1470. The highest BCUT2D eigenvalue weighted by molar-refractivity contribution is 5.76. The van der Waals surface area contributed by atoms with Crippen LogP contribution in [0, 0.1) is 0 Å². The fraction of sp³-hybridized carbons (Fsp3) is 0.879. The molecule has 0 aliphatic carbocycles. The van der Waals surface area contributed by atoms with Crippen molar-refractivity contribution in [2.75, 3.05) is 26.4 Å². The van der Waals surface area contributed by atoms with Crippen LogP contribution < -0.4 is 16.0 Å². The molecule has 0 unspecified atom stereocenters. The molecule has 0 bridgehead atoms. The highest BCUT2D eigenvalue weighted by Crippen LogP contribution is 2.36. The molecule has 4 aliphatic heterocycles. The van der Waals surface area contributed by atoms with Crippen molar-refractivity contribution in [3.05, 3.63) is 0 Å². The van der Waals surface area contributed by atoms with E-state index in [1.165, 1.54) is 0 Å². The molecule has 3 amide bonds. The molecule has 0 radical (unpaired) electrons. The Morgan fingerprint density at radius 1 is 0.667 bits per heavy atom. The maximum atomic E-state index is 12.6. The monoisotopic (exact) mass is 877 g/mol. The Balaban J connectivity index is 1.56. The van der Waals surface area contributed by atoms with Gasteiger partial charge in [-0.05, 0) is 0 Å². The van der Waals surface area contributed by atoms with Gasteiger partial charge >= 0.3 is 5.97 Å². The van der Waals surface area contributed by atoms with E-state index in [0.29, 0.717) is 0 Å². The van der Waals surface area contributed by atoms with E-state index in [-0.39, 0.29) is 0 Å². The van der Waals surface area contributed by atoms with Crippen LogP contribution in [0.25, 0.3) is 0 Å². The summed E-state index contributed by atoms with van der Waals surface area (Å²) in [6, 6.07) is -4.70. The number of hydrogen-bond donors (Lipinski definition) is 16. The first-order chi connectivity index (χ1) is 28.1. The molecule has 60 heavy (non-hydrogen) atoms. The molecule has 0 aromatic carbocycles. The molecule has 27 heteroatoms. The van der Waals surface area contributed by atoms with Crippen molar-refractivity contribution in [1.29, 1.82) is 0 Å². The fourth-order valence-electron chi connectivity index (χ4n) is 7.35. The molecule has 4 fully saturated rings. The third-order valence-electron chi connectivity index (χ3n) is 10.4. The number of carbonyl (C=O) groups excluding carboxylic acids is 3. The number of nitrogens with one attached hydrogen (secondary N) is 3. The Morgan fingerprint density at radius 2 is 1.17 bits per heavy atom. The zero-order valence-electron chi connectivity index (χ0n) is 32.4. The molecule has 4 heterocycles. The number of carbonyl (C=O) groups is 4. The molecular formula is C33H55N3O24. The molecule has 0 saturated carbocycles. The standard InChI is InChI=1S/C33H55N3O24/c1-9(40)34-17-12(43)4-33(32(52)53,60-28(17)20(45)13(44)5-37)54-8-16-21(46)24(49)25(50)31(57-16)59-27-15(7-39)56-30(19(23(27)48)36-11(3)42)58-26-14(6-38)55-29(51)18(22(26)47)35-10(2)41/h12-31,37-39,43-51H,4-8H2,1-3H3,(H,34,40)(H,35,41)(H,36,42)(H,52,53)/t12-,13+,14+,15+,16+,17+,18+,19+,20+,21+,22+,23+,24-,25-,26+,27+,28+,29+,30-,31-,33+/m0/s1. The minimum atomic E-state index is -2.92. The van der Waals surface area contributed by atoms with Crippen LogP contribution in [-0.4, -0.2) is 245 Å². The predicted molar refractivity (Wildman–Crippen MR) is 186 cm³/mol. The van der Waals surface area contributed by atoms with E-state index in [2.05, 4.69) is 16.0 Å². The number of amides is 3. The molecule has 0 spiro atoms. The Kier molecular flexibility index (Phi) is 17.4.